The number of pyridine rings is 2. The Morgan fingerprint density at radius 1 is 1.17 bits per heavy atom. The largest absolute Gasteiger partial charge is 0.489 e. The lowest BCUT2D eigenvalue weighted by molar-refractivity contribution is 0.154. The predicted octanol–water partition coefficient (Wildman–Crippen LogP) is 3.26. The average molecular weight is 480 g/mol. The van der Waals surface area contributed by atoms with E-state index in [1.807, 2.05) is 54.3 Å². The fraction of sp³-hybridized carbons (Fsp3) is 0.440. The van der Waals surface area contributed by atoms with Crippen LogP contribution >= 0.6 is 0 Å². The highest BCUT2D eigenvalue weighted by atomic mass is 19.1. The van der Waals surface area contributed by atoms with Gasteiger partial charge in [-0.2, -0.15) is 5.10 Å². The van der Waals surface area contributed by atoms with Crippen molar-refractivity contribution in [3.8, 4) is 16.9 Å². The molecular formula is C25H30FN7O2. The van der Waals surface area contributed by atoms with Crippen LogP contribution in [0.3, 0.4) is 0 Å². The molecule has 3 aromatic heterocycles. The molecule has 10 heteroatoms. The second-order valence-corrected chi connectivity index (χ2v) is 8.58. The number of urea groups is 1. The maximum absolute atomic E-state index is 12.7. The molecule has 0 aliphatic carbocycles. The van der Waals surface area contributed by atoms with E-state index in [1.54, 1.807) is 10.7 Å². The number of amides is 2. The summed E-state index contributed by atoms with van der Waals surface area (Å²) in [6.07, 6.45) is 5.48. The van der Waals surface area contributed by atoms with Crippen molar-refractivity contribution in [2.45, 2.75) is 20.4 Å². The molecule has 2 aliphatic heterocycles. The third-order valence-electron chi connectivity index (χ3n) is 6.59. The molecule has 1 saturated heterocycles. The summed E-state index contributed by atoms with van der Waals surface area (Å²) >= 11 is 0. The average Bonchev–Trinajstić information content (AvgIpc) is 3.49. The Hall–Kier alpha value is -3.69. The summed E-state index contributed by atoms with van der Waals surface area (Å²) < 4.78 is 20.1. The van der Waals surface area contributed by atoms with E-state index in [0.717, 1.165) is 59.9 Å². The van der Waals surface area contributed by atoms with Crippen molar-refractivity contribution in [1.29, 1.82) is 0 Å². The summed E-state index contributed by atoms with van der Waals surface area (Å²) in [6.45, 7) is 8.27. The predicted molar refractivity (Wildman–Crippen MR) is 133 cm³/mol. The van der Waals surface area contributed by atoms with Gasteiger partial charge in [0, 0.05) is 68.4 Å². The van der Waals surface area contributed by atoms with Crippen LogP contribution in [-0.4, -0.2) is 89.2 Å². The molecule has 5 heterocycles. The van der Waals surface area contributed by atoms with Crippen molar-refractivity contribution in [2.24, 2.45) is 4.99 Å². The van der Waals surface area contributed by atoms with Crippen LogP contribution < -0.4 is 9.64 Å². The van der Waals surface area contributed by atoms with Crippen LogP contribution in [-0.2, 0) is 6.54 Å². The molecule has 0 atom stereocenters. The van der Waals surface area contributed by atoms with Gasteiger partial charge < -0.3 is 19.4 Å². The molecule has 0 radical (unpaired) electrons. The number of halogens is 1. The minimum absolute atomic E-state index is 0.00662. The highest BCUT2D eigenvalue weighted by Gasteiger charge is 2.25. The molecule has 2 amide bonds. The number of anilines is 1. The van der Waals surface area contributed by atoms with E-state index in [1.165, 1.54) is 0 Å². The van der Waals surface area contributed by atoms with Gasteiger partial charge in [0.1, 0.15) is 24.8 Å². The number of carbonyl (C=O) groups excluding carboxylic acids is 1. The third-order valence-corrected chi connectivity index (χ3v) is 6.59. The van der Waals surface area contributed by atoms with Crippen LogP contribution in [0.2, 0.25) is 0 Å². The van der Waals surface area contributed by atoms with E-state index in [4.69, 9.17) is 9.72 Å². The zero-order valence-electron chi connectivity index (χ0n) is 20.2. The second kappa shape index (κ2) is 9.89. The van der Waals surface area contributed by atoms with Crippen molar-refractivity contribution >= 4 is 23.6 Å². The third kappa shape index (κ3) is 4.40. The monoisotopic (exact) mass is 479 g/mol. The van der Waals surface area contributed by atoms with Crippen molar-refractivity contribution in [2.75, 3.05) is 57.4 Å². The number of nitrogens with zero attached hydrogens (tertiary/aromatic N) is 7. The number of alkyl halides is 1. The highest BCUT2D eigenvalue weighted by molar-refractivity contribution is 5.99. The quantitative estimate of drug-likeness (QED) is 0.520. The van der Waals surface area contributed by atoms with Crippen LogP contribution in [0.25, 0.3) is 16.6 Å². The molecule has 35 heavy (non-hydrogen) atoms. The number of fused-ring (bicyclic) bond motifs is 3. The summed E-state index contributed by atoms with van der Waals surface area (Å²) in [5, 5.41) is 4.64. The van der Waals surface area contributed by atoms with E-state index < -0.39 is 6.67 Å². The number of hydrogen-bond donors (Lipinski definition) is 0. The van der Waals surface area contributed by atoms with Gasteiger partial charge in [-0.05, 0) is 32.0 Å². The van der Waals surface area contributed by atoms with Crippen molar-refractivity contribution in [1.82, 2.24) is 24.4 Å². The summed E-state index contributed by atoms with van der Waals surface area (Å²) in [4.78, 5) is 27.7. The summed E-state index contributed by atoms with van der Waals surface area (Å²) in [6, 6.07) is 6.06. The van der Waals surface area contributed by atoms with E-state index in [9.17, 15) is 9.18 Å². The standard InChI is InChI=1S/C25H30FN7O2/c1-3-30(4-2)25(34)32-10-8-31(9-11-32)23-6-5-18(14-28-23)20-13-19(35-12-7-26)17-33-24(20)21-15-27-16-22(21)29-33/h5-6,13-15,17H,3-4,7-12,16H2,1-2H3. The first kappa shape index (κ1) is 23.1. The molecule has 5 rings (SSSR count). The molecule has 3 aromatic rings. The van der Waals surface area contributed by atoms with Gasteiger partial charge in [0.2, 0.25) is 0 Å². The number of rotatable bonds is 7. The number of ether oxygens (including phenoxy) is 1. The summed E-state index contributed by atoms with van der Waals surface area (Å²) in [5.74, 6) is 1.44. The van der Waals surface area contributed by atoms with Gasteiger partial charge >= 0.3 is 6.03 Å². The fourth-order valence-corrected chi connectivity index (χ4v) is 4.71. The minimum atomic E-state index is -0.556. The van der Waals surface area contributed by atoms with Crippen molar-refractivity contribution in [3.63, 3.8) is 0 Å². The van der Waals surface area contributed by atoms with E-state index >= 15 is 0 Å². The molecular weight excluding hydrogens is 449 g/mol. The van der Waals surface area contributed by atoms with E-state index in [-0.39, 0.29) is 12.6 Å². The van der Waals surface area contributed by atoms with E-state index in [2.05, 4.69) is 15.0 Å². The Kier molecular flexibility index (Phi) is 6.52. The Bertz CT molecular complexity index is 1230. The molecule has 0 unspecified atom stereocenters. The lowest BCUT2D eigenvalue weighted by atomic mass is 10.0. The fourth-order valence-electron chi connectivity index (χ4n) is 4.71. The maximum Gasteiger partial charge on any atom is 0.320 e. The van der Waals surface area contributed by atoms with Crippen LogP contribution in [0.4, 0.5) is 15.0 Å². The van der Waals surface area contributed by atoms with Crippen molar-refractivity contribution < 1.29 is 13.9 Å². The first-order valence-corrected chi connectivity index (χ1v) is 12.1. The lowest BCUT2D eigenvalue weighted by Gasteiger charge is -2.37. The first-order chi connectivity index (χ1) is 17.1. The van der Waals surface area contributed by atoms with Gasteiger partial charge in [-0.1, -0.05) is 0 Å². The van der Waals surface area contributed by atoms with Crippen LogP contribution in [0.5, 0.6) is 5.75 Å². The van der Waals surface area contributed by atoms with Gasteiger partial charge in [-0.3, -0.25) is 4.99 Å². The number of piperazine rings is 1. The van der Waals surface area contributed by atoms with Crippen LogP contribution in [0.15, 0.2) is 35.6 Å². The van der Waals surface area contributed by atoms with Gasteiger partial charge in [0.05, 0.1) is 24.0 Å². The number of carbonyl (C=O) groups is 1. The minimum Gasteiger partial charge on any atom is -0.489 e. The molecule has 0 bridgehead atoms. The van der Waals surface area contributed by atoms with Gasteiger partial charge in [0.25, 0.3) is 0 Å². The molecule has 2 aliphatic rings. The van der Waals surface area contributed by atoms with E-state index in [0.29, 0.717) is 25.4 Å². The lowest BCUT2D eigenvalue weighted by Crippen LogP contribution is -2.53. The zero-order chi connectivity index (χ0) is 24.4. The molecule has 0 aromatic carbocycles. The van der Waals surface area contributed by atoms with Gasteiger partial charge in [-0.15, -0.1) is 0 Å². The van der Waals surface area contributed by atoms with Crippen molar-refractivity contribution in [3.05, 3.63) is 41.9 Å². The molecule has 0 spiro atoms. The molecule has 9 nitrogen and oxygen atoms in total. The number of aliphatic imine (C=N–C) groups is 1. The first-order valence-electron chi connectivity index (χ1n) is 12.1. The SMILES string of the molecule is CCN(CC)C(=O)N1CCN(c2ccc(-c3cc(OCCF)cn4nc5c(c34)C=NC5)cn2)CC1. The zero-order valence-corrected chi connectivity index (χ0v) is 20.2. The molecule has 0 N–H and O–H groups in total. The van der Waals surface area contributed by atoms with Gasteiger partial charge in [0.15, 0.2) is 0 Å². The smallest absolute Gasteiger partial charge is 0.320 e. The molecule has 184 valence electrons. The summed E-state index contributed by atoms with van der Waals surface area (Å²) in [5.41, 5.74) is 4.68. The Morgan fingerprint density at radius 2 is 1.97 bits per heavy atom. The Morgan fingerprint density at radius 3 is 2.66 bits per heavy atom. The van der Waals surface area contributed by atoms with Gasteiger partial charge in [-0.25, -0.2) is 18.7 Å². The maximum atomic E-state index is 12.7. The molecule has 1 fully saturated rings. The Balaban J connectivity index is 1.37. The normalized spacial score (nSPS) is 15.1. The number of aromatic nitrogens is 3. The summed E-state index contributed by atoms with van der Waals surface area (Å²) in [7, 11) is 0. The molecule has 0 saturated carbocycles. The van der Waals surface area contributed by atoms with Crippen LogP contribution in [0, 0.1) is 0 Å². The Labute approximate surface area is 203 Å². The highest BCUT2D eigenvalue weighted by Crippen LogP contribution is 2.33. The topological polar surface area (TPSA) is 78.6 Å². The number of hydrogen-bond acceptors (Lipinski definition) is 6. The van der Waals surface area contributed by atoms with Crippen LogP contribution in [0.1, 0.15) is 25.1 Å². The second-order valence-electron chi connectivity index (χ2n) is 8.58.